The average molecular weight is 572 g/mol. The molecule has 216 valence electrons. The van der Waals surface area contributed by atoms with Crippen molar-refractivity contribution in [3.63, 3.8) is 0 Å². The fraction of sp³-hybridized carbons (Fsp3) is 0.424. The number of aryl methyl sites for hydroxylation is 3. The maximum absolute atomic E-state index is 13.2. The number of benzene rings is 2. The van der Waals surface area contributed by atoms with Gasteiger partial charge in [0.05, 0.1) is 11.8 Å². The number of piperidine rings is 2. The molecule has 3 heterocycles. The molecule has 2 N–H and O–H groups in total. The minimum absolute atomic E-state index is 0.217. The predicted molar refractivity (Wildman–Crippen MR) is 168 cm³/mol. The molecule has 41 heavy (non-hydrogen) atoms. The topological polar surface area (TPSA) is 77.0 Å². The Kier molecular flexibility index (Phi) is 9.64. The molecule has 0 atom stereocenters. The number of carbonyl (C=O) groups is 2. The van der Waals surface area contributed by atoms with Crippen LogP contribution in [-0.4, -0.2) is 60.0 Å². The summed E-state index contributed by atoms with van der Waals surface area (Å²) in [5, 5.41) is 9.52. The van der Waals surface area contributed by atoms with Crippen LogP contribution < -0.4 is 10.7 Å². The molecule has 3 aromatic rings. The monoisotopic (exact) mass is 571 g/mol. The van der Waals surface area contributed by atoms with Crippen molar-refractivity contribution in [1.29, 1.82) is 0 Å². The van der Waals surface area contributed by atoms with Crippen LogP contribution in [0.25, 0.3) is 0 Å². The van der Waals surface area contributed by atoms with Crippen molar-refractivity contribution >= 4 is 34.4 Å². The summed E-state index contributed by atoms with van der Waals surface area (Å²) < 4.78 is 0. The van der Waals surface area contributed by atoms with E-state index in [2.05, 4.69) is 38.6 Å². The van der Waals surface area contributed by atoms with E-state index in [1.54, 1.807) is 6.21 Å². The van der Waals surface area contributed by atoms with Gasteiger partial charge in [0.15, 0.2) is 0 Å². The van der Waals surface area contributed by atoms with Crippen LogP contribution in [-0.2, 0) is 6.54 Å². The first-order valence-corrected chi connectivity index (χ1v) is 15.6. The molecule has 0 saturated carbocycles. The largest absolute Gasteiger partial charge is 0.313 e. The Hall–Kier alpha value is -3.33. The predicted octanol–water partition coefficient (Wildman–Crippen LogP) is 6.14. The number of thiophene rings is 1. The maximum atomic E-state index is 13.2. The smallest absolute Gasteiger partial charge is 0.274 e. The van der Waals surface area contributed by atoms with Crippen LogP contribution in [0.1, 0.15) is 80.6 Å². The number of rotatable bonds is 8. The number of hydrogen-bond acceptors (Lipinski definition) is 6. The Balaban J connectivity index is 1.17. The molecular weight excluding hydrogens is 530 g/mol. The second-order valence-corrected chi connectivity index (χ2v) is 12.3. The quantitative estimate of drug-likeness (QED) is 0.252. The molecule has 2 aliphatic heterocycles. The second-order valence-electron chi connectivity index (χ2n) is 11.4. The molecule has 5 rings (SSSR count). The molecule has 0 aliphatic carbocycles. The number of carbonyl (C=O) groups excluding carboxylic acids is 2. The first-order valence-electron chi connectivity index (χ1n) is 14.7. The molecule has 0 spiro atoms. The summed E-state index contributed by atoms with van der Waals surface area (Å²) in [5.74, 6) is -0.564. The highest BCUT2D eigenvalue weighted by atomic mass is 32.1. The third-order valence-corrected chi connectivity index (χ3v) is 9.41. The Bertz CT molecular complexity index is 1400. The van der Waals surface area contributed by atoms with Crippen LogP contribution in [0.3, 0.4) is 0 Å². The number of hydrogen-bond donors (Lipinski definition) is 2. The molecule has 7 nitrogen and oxygen atoms in total. The third-order valence-electron chi connectivity index (χ3n) is 8.40. The summed E-state index contributed by atoms with van der Waals surface area (Å²) in [5.41, 5.74) is 8.87. The van der Waals surface area contributed by atoms with Crippen LogP contribution in [0.15, 0.2) is 52.9 Å². The Morgan fingerprint density at radius 1 is 0.927 bits per heavy atom. The second kappa shape index (κ2) is 13.6. The van der Waals surface area contributed by atoms with Gasteiger partial charge in [0.25, 0.3) is 11.8 Å². The lowest BCUT2D eigenvalue weighted by Crippen LogP contribution is -2.46. The van der Waals surface area contributed by atoms with Gasteiger partial charge in [-0.3, -0.25) is 14.5 Å². The van der Waals surface area contributed by atoms with Crippen molar-refractivity contribution in [2.75, 3.05) is 31.5 Å². The first-order chi connectivity index (χ1) is 19.9. The zero-order valence-electron chi connectivity index (χ0n) is 24.4. The van der Waals surface area contributed by atoms with E-state index < -0.39 is 0 Å². The maximum Gasteiger partial charge on any atom is 0.274 e. The number of nitrogens with one attached hydrogen (secondary N) is 2. The molecule has 0 bridgehead atoms. The van der Waals surface area contributed by atoms with Crippen molar-refractivity contribution in [2.24, 2.45) is 5.10 Å². The molecule has 2 aromatic carbocycles. The minimum Gasteiger partial charge on any atom is -0.313 e. The number of nitrogens with zero attached hydrogens (tertiary/aromatic N) is 3. The van der Waals surface area contributed by atoms with Gasteiger partial charge < -0.3 is 10.2 Å². The molecule has 0 radical (unpaired) electrons. The van der Waals surface area contributed by atoms with Gasteiger partial charge >= 0.3 is 0 Å². The van der Waals surface area contributed by atoms with Gasteiger partial charge in [0, 0.05) is 18.2 Å². The van der Waals surface area contributed by atoms with Crippen molar-refractivity contribution in [1.82, 2.24) is 15.2 Å². The fourth-order valence-electron chi connectivity index (χ4n) is 5.86. The van der Waals surface area contributed by atoms with Crippen LogP contribution >= 0.6 is 11.3 Å². The lowest BCUT2D eigenvalue weighted by molar-refractivity contribution is 0.0896. The van der Waals surface area contributed by atoms with E-state index in [0.29, 0.717) is 16.1 Å². The van der Waals surface area contributed by atoms with Gasteiger partial charge in [-0.1, -0.05) is 36.8 Å². The molecule has 2 fully saturated rings. The average Bonchev–Trinajstić information content (AvgIpc) is 3.35. The zero-order chi connectivity index (χ0) is 28.8. The Labute approximate surface area is 247 Å². The molecule has 0 unspecified atom stereocenters. The summed E-state index contributed by atoms with van der Waals surface area (Å²) in [6.45, 7) is 11.5. The van der Waals surface area contributed by atoms with Gasteiger partial charge in [0.1, 0.15) is 5.00 Å². The summed E-state index contributed by atoms with van der Waals surface area (Å²) >= 11 is 1.35. The molecule has 8 heteroatoms. The highest BCUT2D eigenvalue weighted by Crippen LogP contribution is 2.28. The van der Waals surface area contributed by atoms with E-state index in [-0.39, 0.29) is 11.8 Å². The van der Waals surface area contributed by atoms with Gasteiger partial charge in [-0.2, -0.15) is 5.10 Å². The van der Waals surface area contributed by atoms with Crippen molar-refractivity contribution < 1.29 is 9.59 Å². The van der Waals surface area contributed by atoms with Crippen molar-refractivity contribution in [3.8, 4) is 0 Å². The highest BCUT2D eigenvalue weighted by molar-refractivity contribution is 7.15. The summed E-state index contributed by atoms with van der Waals surface area (Å²) in [6, 6.07) is 14.6. The van der Waals surface area contributed by atoms with E-state index in [1.165, 1.54) is 67.7 Å². The number of likely N-dealkylation sites (tertiary alicyclic amines) is 2. The molecule has 1 aromatic heterocycles. The standard InChI is InChI=1S/C33H41N5O2S/c1-23-10-11-26(18-24(23)2)20-34-36-32(40)30-25(3)22-41-33(30)35-31(39)28-9-7-8-27(19-28)21-37-16-12-29(13-17-37)38-14-5-4-6-15-38/h7-11,18-20,22,29H,4-6,12-17,21H2,1-3H3,(H,35,39)(H,36,40). The van der Waals surface area contributed by atoms with Gasteiger partial charge in [0.2, 0.25) is 0 Å². The van der Waals surface area contributed by atoms with Crippen LogP contribution in [0.2, 0.25) is 0 Å². The summed E-state index contributed by atoms with van der Waals surface area (Å²) in [4.78, 5) is 31.4. The minimum atomic E-state index is -0.346. The molecule has 2 saturated heterocycles. The first kappa shape index (κ1) is 29.2. The zero-order valence-corrected chi connectivity index (χ0v) is 25.2. The lowest BCUT2D eigenvalue weighted by Gasteiger charge is -2.40. The van der Waals surface area contributed by atoms with Crippen LogP contribution in [0.4, 0.5) is 5.00 Å². The van der Waals surface area contributed by atoms with E-state index in [0.717, 1.165) is 42.4 Å². The number of anilines is 1. The van der Waals surface area contributed by atoms with Crippen LogP contribution in [0, 0.1) is 20.8 Å². The third kappa shape index (κ3) is 7.50. The highest BCUT2D eigenvalue weighted by Gasteiger charge is 2.26. The van der Waals surface area contributed by atoms with Crippen LogP contribution in [0.5, 0.6) is 0 Å². The van der Waals surface area contributed by atoms with E-state index in [9.17, 15) is 9.59 Å². The van der Waals surface area contributed by atoms with Gasteiger partial charge in [-0.15, -0.1) is 11.3 Å². The van der Waals surface area contributed by atoms with E-state index in [4.69, 9.17) is 0 Å². The van der Waals surface area contributed by atoms with E-state index in [1.807, 2.05) is 55.6 Å². The Morgan fingerprint density at radius 3 is 2.46 bits per heavy atom. The van der Waals surface area contributed by atoms with Crippen molar-refractivity contribution in [3.05, 3.63) is 86.8 Å². The van der Waals surface area contributed by atoms with Gasteiger partial charge in [-0.25, -0.2) is 5.43 Å². The molecular formula is C33H41N5O2S. The Morgan fingerprint density at radius 2 is 1.71 bits per heavy atom. The molecule has 2 amide bonds. The SMILES string of the molecule is Cc1ccc(C=NNC(=O)c2c(C)csc2NC(=O)c2cccc(CN3CCC(N4CCCCC4)CC3)c2)cc1C. The summed E-state index contributed by atoms with van der Waals surface area (Å²) in [7, 11) is 0. The number of hydrazone groups is 1. The molecule has 2 aliphatic rings. The van der Waals surface area contributed by atoms with E-state index >= 15 is 0 Å². The normalized spacial score (nSPS) is 17.1. The van der Waals surface area contributed by atoms with Gasteiger partial charge in [-0.05, 0) is 118 Å². The lowest BCUT2D eigenvalue weighted by atomic mass is 9.99. The number of amides is 2. The fourth-order valence-corrected chi connectivity index (χ4v) is 6.79. The summed E-state index contributed by atoms with van der Waals surface area (Å²) in [6.07, 6.45) is 8.13. The van der Waals surface area contributed by atoms with Crippen molar-refractivity contribution in [2.45, 2.75) is 65.5 Å².